The normalized spacial score (nSPS) is 19.7. The van der Waals surface area contributed by atoms with Crippen molar-refractivity contribution in [3.05, 3.63) is 29.3 Å². The zero-order chi connectivity index (χ0) is 11.6. The molecule has 0 radical (unpaired) electrons. The van der Waals surface area contributed by atoms with Crippen LogP contribution in [0.5, 0.6) is 0 Å². The van der Waals surface area contributed by atoms with Crippen LogP contribution in [0.2, 0.25) is 0 Å². The molecule has 16 heavy (non-hydrogen) atoms. The van der Waals surface area contributed by atoms with Gasteiger partial charge in [0.15, 0.2) is 0 Å². The van der Waals surface area contributed by atoms with Crippen LogP contribution >= 0.6 is 11.8 Å². The molecule has 1 aliphatic rings. The summed E-state index contributed by atoms with van der Waals surface area (Å²) < 4.78 is 0. The van der Waals surface area contributed by atoms with Gasteiger partial charge in [0.1, 0.15) is 0 Å². The van der Waals surface area contributed by atoms with E-state index in [2.05, 4.69) is 31.4 Å². The molecule has 0 heterocycles. The first-order valence-corrected chi connectivity index (χ1v) is 7.32. The molecule has 2 N–H and O–H groups in total. The van der Waals surface area contributed by atoms with Crippen LogP contribution in [0.1, 0.15) is 43.2 Å². The fourth-order valence-corrected chi connectivity index (χ4v) is 3.24. The number of benzene rings is 1. The van der Waals surface area contributed by atoms with Gasteiger partial charge in [-0.15, -0.1) is 11.8 Å². The van der Waals surface area contributed by atoms with E-state index >= 15 is 0 Å². The zero-order valence-electron chi connectivity index (χ0n) is 10.3. The fourth-order valence-electron chi connectivity index (χ4n) is 2.66. The smallest absolute Gasteiger partial charge is 0.0409 e. The monoisotopic (exact) mass is 235 g/mol. The Labute approximate surface area is 103 Å². The minimum absolute atomic E-state index is 0.0556. The van der Waals surface area contributed by atoms with E-state index in [1.165, 1.54) is 35.3 Å². The second-order valence-electron chi connectivity index (χ2n) is 4.90. The largest absolute Gasteiger partial charge is 0.321 e. The Kier molecular flexibility index (Phi) is 3.60. The summed E-state index contributed by atoms with van der Waals surface area (Å²) in [4.78, 5) is 1.36. The molecule has 2 rings (SSSR count). The van der Waals surface area contributed by atoms with E-state index in [1.807, 2.05) is 11.8 Å². The number of rotatable bonds is 2. The third kappa shape index (κ3) is 2.28. The molecule has 88 valence electrons. The van der Waals surface area contributed by atoms with Gasteiger partial charge in [0.25, 0.3) is 0 Å². The molecule has 0 aromatic heterocycles. The molecular weight excluding hydrogens is 214 g/mol. The summed E-state index contributed by atoms with van der Waals surface area (Å²) >= 11 is 1.81. The number of hydrogen-bond donors (Lipinski definition) is 1. The molecule has 0 unspecified atom stereocenters. The maximum absolute atomic E-state index is 6.53. The lowest BCUT2D eigenvalue weighted by Gasteiger charge is -2.34. The van der Waals surface area contributed by atoms with Gasteiger partial charge in [-0.05, 0) is 43.2 Å². The van der Waals surface area contributed by atoms with Gasteiger partial charge in [0.05, 0.1) is 0 Å². The molecular formula is C14H21NS. The maximum atomic E-state index is 6.53. The van der Waals surface area contributed by atoms with Crippen molar-refractivity contribution in [2.24, 2.45) is 5.73 Å². The van der Waals surface area contributed by atoms with Gasteiger partial charge in [0, 0.05) is 10.4 Å². The Morgan fingerprint density at radius 1 is 1.19 bits per heavy atom. The van der Waals surface area contributed by atoms with Crippen LogP contribution < -0.4 is 5.73 Å². The van der Waals surface area contributed by atoms with Crippen LogP contribution in [0, 0.1) is 6.92 Å². The number of nitrogens with two attached hydrogens (primary N) is 1. The van der Waals surface area contributed by atoms with E-state index in [-0.39, 0.29) is 5.54 Å². The van der Waals surface area contributed by atoms with E-state index < -0.39 is 0 Å². The van der Waals surface area contributed by atoms with Crippen molar-refractivity contribution in [1.82, 2.24) is 0 Å². The molecule has 2 heteroatoms. The Morgan fingerprint density at radius 3 is 2.44 bits per heavy atom. The van der Waals surface area contributed by atoms with Crippen LogP contribution in [0.15, 0.2) is 23.1 Å². The first-order chi connectivity index (χ1) is 7.65. The second-order valence-corrected chi connectivity index (χ2v) is 5.75. The first kappa shape index (κ1) is 12.0. The molecule has 1 aromatic carbocycles. The highest BCUT2D eigenvalue weighted by molar-refractivity contribution is 7.98. The van der Waals surface area contributed by atoms with Crippen LogP contribution in [-0.2, 0) is 5.54 Å². The average molecular weight is 235 g/mol. The van der Waals surface area contributed by atoms with Gasteiger partial charge < -0.3 is 5.73 Å². The second kappa shape index (κ2) is 4.80. The molecule has 0 saturated heterocycles. The van der Waals surface area contributed by atoms with Crippen LogP contribution in [0.4, 0.5) is 0 Å². The molecule has 0 amide bonds. The lowest BCUT2D eigenvalue weighted by atomic mass is 9.77. The predicted octanol–water partition coefficient (Wildman–Crippen LogP) is 3.84. The van der Waals surface area contributed by atoms with Crippen molar-refractivity contribution in [2.45, 2.75) is 49.5 Å². The SMILES string of the molecule is CSc1ccc(C2(N)CCCCC2)cc1C. The lowest BCUT2D eigenvalue weighted by molar-refractivity contribution is 0.302. The summed E-state index contributed by atoms with van der Waals surface area (Å²) in [5, 5.41) is 0. The minimum atomic E-state index is -0.0556. The van der Waals surface area contributed by atoms with Crippen molar-refractivity contribution < 1.29 is 0 Å². The number of hydrogen-bond acceptors (Lipinski definition) is 2. The molecule has 1 nitrogen and oxygen atoms in total. The van der Waals surface area contributed by atoms with Crippen molar-refractivity contribution >= 4 is 11.8 Å². The summed E-state index contributed by atoms with van der Waals surface area (Å²) in [5.74, 6) is 0. The third-order valence-electron chi connectivity index (χ3n) is 3.72. The topological polar surface area (TPSA) is 26.0 Å². The predicted molar refractivity (Wildman–Crippen MR) is 71.9 cm³/mol. The highest BCUT2D eigenvalue weighted by Gasteiger charge is 2.29. The van der Waals surface area contributed by atoms with Crippen LogP contribution in [0.3, 0.4) is 0 Å². The van der Waals surface area contributed by atoms with Gasteiger partial charge in [-0.3, -0.25) is 0 Å². The summed E-state index contributed by atoms with van der Waals surface area (Å²) in [5.41, 5.74) is 9.18. The lowest BCUT2D eigenvalue weighted by Crippen LogP contribution is -2.38. The third-order valence-corrected chi connectivity index (χ3v) is 4.61. The van der Waals surface area contributed by atoms with E-state index in [0.29, 0.717) is 0 Å². The minimum Gasteiger partial charge on any atom is -0.321 e. The molecule has 0 aliphatic heterocycles. The van der Waals surface area contributed by atoms with E-state index in [4.69, 9.17) is 5.73 Å². The standard InChI is InChI=1S/C14H21NS/c1-11-10-12(6-7-13(11)16-2)14(15)8-4-3-5-9-14/h6-7,10H,3-5,8-9,15H2,1-2H3. The molecule has 0 atom stereocenters. The first-order valence-electron chi connectivity index (χ1n) is 6.10. The van der Waals surface area contributed by atoms with Crippen molar-refractivity contribution in [2.75, 3.05) is 6.26 Å². The molecule has 1 aliphatic carbocycles. The zero-order valence-corrected chi connectivity index (χ0v) is 11.1. The average Bonchev–Trinajstić information content (AvgIpc) is 2.30. The Balaban J connectivity index is 2.29. The summed E-state index contributed by atoms with van der Waals surface area (Å²) in [6, 6.07) is 6.74. The Hall–Kier alpha value is -0.470. The van der Waals surface area contributed by atoms with Gasteiger partial charge in [-0.2, -0.15) is 0 Å². The quantitative estimate of drug-likeness (QED) is 0.788. The van der Waals surface area contributed by atoms with E-state index in [0.717, 1.165) is 12.8 Å². The number of thioether (sulfide) groups is 1. The van der Waals surface area contributed by atoms with Crippen molar-refractivity contribution in [3.8, 4) is 0 Å². The van der Waals surface area contributed by atoms with Gasteiger partial charge in [0.2, 0.25) is 0 Å². The highest BCUT2D eigenvalue weighted by atomic mass is 32.2. The molecule has 0 spiro atoms. The van der Waals surface area contributed by atoms with Crippen LogP contribution in [0.25, 0.3) is 0 Å². The highest BCUT2D eigenvalue weighted by Crippen LogP contribution is 2.36. The summed E-state index contributed by atoms with van der Waals surface area (Å²) in [6.45, 7) is 2.18. The van der Waals surface area contributed by atoms with Crippen molar-refractivity contribution in [3.63, 3.8) is 0 Å². The van der Waals surface area contributed by atoms with Gasteiger partial charge >= 0.3 is 0 Å². The number of aryl methyl sites for hydroxylation is 1. The van der Waals surface area contributed by atoms with Gasteiger partial charge in [-0.1, -0.05) is 31.4 Å². The molecule has 1 saturated carbocycles. The molecule has 1 fully saturated rings. The Bertz CT molecular complexity index is 367. The maximum Gasteiger partial charge on any atom is 0.0409 e. The Morgan fingerprint density at radius 2 is 1.88 bits per heavy atom. The van der Waals surface area contributed by atoms with Crippen molar-refractivity contribution in [1.29, 1.82) is 0 Å². The van der Waals surface area contributed by atoms with Gasteiger partial charge in [-0.25, -0.2) is 0 Å². The summed E-state index contributed by atoms with van der Waals surface area (Å²) in [6.07, 6.45) is 8.32. The fraction of sp³-hybridized carbons (Fsp3) is 0.571. The summed E-state index contributed by atoms with van der Waals surface area (Å²) in [7, 11) is 0. The molecule has 1 aromatic rings. The van der Waals surface area contributed by atoms with Crippen LogP contribution in [-0.4, -0.2) is 6.26 Å². The van der Waals surface area contributed by atoms with E-state index in [9.17, 15) is 0 Å². The van der Waals surface area contributed by atoms with E-state index in [1.54, 1.807) is 0 Å². The molecule has 0 bridgehead atoms.